The van der Waals surface area contributed by atoms with Crippen molar-refractivity contribution in [1.29, 1.82) is 0 Å². The highest BCUT2D eigenvalue weighted by molar-refractivity contribution is 6.30. The number of amides is 1. The quantitative estimate of drug-likeness (QED) is 0.545. The molecule has 0 aliphatic rings. The maximum atomic E-state index is 12.7. The molecular weight excluding hydrogens is 378 g/mol. The predicted octanol–water partition coefficient (Wildman–Crippen LogP) is 4.77. The van der Waals surface area contributed by atoms with Crippen LogP contribution < -0.4 is 9.64 Å². The van der Waals surface area contributed by atoms with Crippen LogP contribution in [0.3, 0.4) is 0 Å². The van der Waals surface area contributed by atoms with Crippen molar-refractivity contribution in [2.45, 2.75) is 26.2 Å². The Morgan fingerprint density at radius 3 is 2.68 bits per heavy atom. The van der Waals surface area contributed by atoms with Gasteiger partial charge in [0.1, 0.15) is 5.75 Å². The molecule has 0 aliphatic heterocycles. The van der Waals surface area contributed by atoms with Crippen LogP contribution in [0, 0.1) is 0 Å². The molecule has 3 aromatic rings. The van der Waals surface area contributed by atoms with Gasteiger partial charge in [0.15, 0.2) is 0 Å². The summed E-state index contributed by atoms with van der Waals surface area (Å²) in [6, 6.07) is 14.7. The van der Waals surface area contributed by atoms with Crippen LogP contribution in [0.25, 0.3) is 11.4 Å². The molecule has 3 rings (SSSR count). The van der Waals surface area contributed by atoms with Gasteiger partial charge in [-0.05, 0) is 48.9 Å². The van der Waals surface area contributed by atoms with E-state index >= 15 is 0 Å². The Morgan fingerprint density at radius 1 is 1.21 bits per heavy atom. The van der Waals surface area contributed by atoms with E-state index in [1.807, 2.05) is 43.3 Å². The largest absolute Gasteiger partial charge is 0.497 e. The lowest BCUT2D eigenvalue weighted by Gasteiger charge is -2.22. The molecule has 7 heteroatoms. The van der Waals surface area contributed by atoms with Crippen LogP contribution in [-0.4, -0.2) is 29.7 Å². The van der Waals surface area contributed by atoms with Gasteiger partial charge in [0.25, 0.3) is 0 Å². The second-order valence-corrected chi connectivity index (χ2v) is 6.70. The molecule has 2 aromatic carbocycles. The van der Waals surface area contributed by atoms with Gasteiger partial charge in [0.2, 0.25) is 17.6 Å². The topological polar surface area (TPSA) is 68.5 Å². The minimum atomic E-state index is -0.00619. The zero-order valence-electron chi connectivity index (χ0n) is 15.9. The summed E-state index contributed by atoms with van der Waals surface area (Å²) in [6.07, 6.45) is 1.50. The lowest BCUT2D eigenvalue weighted by molar-refractivity contribution is -0.118. The van der Waals surface area contributed by atoms with Gasteiger partial charge < -0.3 is 14.2 Å². The predicted molar refractivity (Wildman–Crippen MR) is 109 cm³/mol. The van der Waals surface area contributed by atoms with Crippen molar-refractivity contribution in [1.82, 2.24) is 10.1 Å². The summed E-state index contributed by atoms with van der Waals surface area (Å²) in [5.74, 6) is 1.68. The van der Waals surface area contributed by atoms with E-state index in [1.165, 1.54) is 0 Å². The van der Waals surface area contributed by atoms with E-state index in [0.29, 0.717) is 29.7 Å². The number of hydrogen-bond donors (Lipinski definition) is 0. The number of ether oxygens (including phenoxy) is 1. The van der Waals surface area contributed by atoms with Gasteiger partial charge >= 0.3 is 0 Å². The van der Waals surface area contributed by atoms with E-state index in [-0.39, 0.29) is 12.3 Å². The number of benzene rings is 2. The second-order valence-electron chi connectivity index (χ2n) is 6.27. The van der Waals surface area contributed by atoms with Gasteiger partial charge in [0.05, 0.1) is 7.11 Å². The number of methoxy groups -OCH3 is 1. The fourth-order valence-corrected chi connectivity index (χ4v) is 3.01. The van der Waals surface area contributed by atoms with Gasteiger partial charge in [-0.1, -0.05) is 29.7 Å². The van der Waals surface area contributed by atoms with E-state index in [1.54, 1.807) is 24.1 Å². The number of nitrogens with zero attached hydrogens (tertiary/aromatic N) is 3. The SMILES string of the molecule is CCCN(C(=O)CCc1nc(-c2ccc(OC)cc2)no1)c1cccc(Cl)c1. The smallest absolute Gasteiger partial charge is 0.227 e. The maximum Gasteiger partial charge on any atom is 0.227 e. The first-order valence-corrected chi connectivity index (χ1v) is 9.51. The molecule has 0 fully saturated rings. The van der Waals surface area contributed by atoms with E-state index in [0.717, 1.165) is 23.4 Å². The van der Waals surface area contributed by atoms with E-state index in [4.69, 9.17) is 20.9 Å². The molecule has 0 atom stereocenters. The van der Waals surface area contributed by atoms with Crippen LogP contribution in [0.2, 0.25) is 5.02 Å². The Labute approximate surface area is 169 Å². The number of halogens is 1. The summed E-state index contributed by atoms with van der Waals surface area (Å²) in [5.41, 5.74) is 1.62. The first-order valence-electron chi connectivity index (χ1n) is 9.13. The first-order chi connectivity index (χ1) is 13.6. The van der Waals surface area contributed by atoms with Crippen molar-refractivity contribution in [2.75, 3.05) is 18.6 Å². The van der Waals surface area contributed by atoms with Gasteiger partial charge in [-0.3, -0.25) is 4.79 Å². The van der Waals surface area contributed by atoms with Crippen molar-refractivity contribution in [3.05, 3.63) is 59.4 Å². The van der Waals surface area contributed by atoms with Crippen molar-refractivity contribution < 1.29 is 14.1 Å². The van der Waals surface area contributed by atoms with Crippen LogP contribution in [0.5, 0.6) is 5.75 Å². The fraction of sp³-hybridized carbons (Fsp3) is 0.286. The third kappa shape index (κ3) is 4.89. The average molecular weight is 400 g/mol. The summed E-state index contributed by atoms with van der Waals surface area (Å²) in [4.78, 5) is 18.9. The van der Waals surface area contributed by atoms with Crippen molar-refractivity contribution in [3.63, 3.8) is 0 Å². The highest BCUT2D eigenvalue weighted by Gasteiger charge is 2.17. The number of carbonyl (C=O) groups is 1. The Morgan fingerprint density at radius 2 is 2.00 bits per heavy atom. The van der Waals surface area contributed by atoms with Crippen LogP contribution in [0.1, 0.15) is 25.7 Å². The Hall–Kier alpha value is -2.86. The molecule has 0 aliphatic carbocycles. The zero-order valence-corrected chi connectivity index (χ0v) is 16.6. The lowest BCUT2D eigenvalue weighted by Crippen LogP contribution is -2.31. The van der Waals surface area contributed by atoms with Crippen LogP contribution >= 0.6 is 11.6 Å². The van der Waals surface area contributed by atoms with Crippen molar-refractivity contribution in [3.8, 4) is 17.1 Å². The minimum Gasteiger partial charge on any atom is -0.497 e. The van der Waals surface area contributed by atoms with Gasteiger partial charge in [0, 0.05) is 35.7 Å². The third-order valence-electron chi connectivity index (χ3n) is 4.24. The summed E-state index contributed by atoms with van der Waals surface area (Å²) in [6.45, 7) is 2.66. The van der Waals surface area contributed by atoms with Crippen LogP contribution in [0.4, 0.5) is 5.69 Å². The molecule has 0 N–H and O–H groups in total. The normalized spacial score (nSPS) is 10.7. The maximum absolute atomic E-state index is 12.7. The van der Waals surface area contributed by atoms with Crippen LogP contribution in [-0.2, 0) is 11.2 Å². The number of aryl methyl sites for hydroxylation is 1. The number of anilines is 1. The fourth-order valence-electron chi connectivity index (χ4n) is 2.83. The lowest BCUT2D eigenvalue weighted by atomic mass is 10.2. The molecule has 0 radical (unpaired) electrons. The Balaban J connectivity index is 1.65. The van der Waals surface area contributed by atoms with Crippen LogP contribution in [0.15, 0.2) is 53.1 Å². The molecule has 1 heterocycles. The summed E-state index contributed by atoms with van der Waals surface area (Å²) < 4.78 is 10.5. The second kappa shape index (κ2) is 9.37. The highest BCUT2D eigenvalue weighted by atomic mass is 35.5. The van der Waals surface area contributed by atoms with Gasteiger partial charge in [-0.15, -0.1) is 0 Å². The minimum absolute atomic E-state index is 0.00619. The molecule has 0 bridgehead atoms. The van der Waals surface area contributed by atoms with E-state index in [2.05, 4.69) is 10.1 Å². The monoisotopic (exact) mass is 399 g/mol. The average Bonchev–Trinajstić information content (AvgIpc) is 3.19. The first kappa shape index (κ1) is 19.9. The molecule has 1 aromatic heterocycles. The molecule has 0 saturated heterocycles. The van der Waals surface area contributed by atoms with Crippen molar-refractivity contribution in [2.24, 2.45) is 0 Å². The summed E-state index contributed by atoms with van der Waals surface area (Å²) >= 11 is 6.07. The van der Waals surface area contributed by atoms with E-state index in [9.17, 15) is 4.79 Å². The zero-order chi connectivity index (χ0) is 19.9. The standard InChI is InChI=1S/C21H22ClN3O3/c1-3-13-25(17-6-4-5-16(22)14-17)20(26)12-11-19-23-21(24-28-19)15-7-9-18(27-2)10-8-15/h4-10,14H,3,11-13H2,1-2H3. The molecular formula is C21H22ClN3O3. The number of aromatic nitrogens is 2. The summed E-state index contributed by atoms with van der Waals surface area (Å²) in [7, 11) is 1.61. The third-order valence-corrected chi connectivity index (χ3v) is 4.47. The number of rotatable bonds is 8. The molecule has 0 saturated carbocycles. The van der Waals surface area contributed by atoms with Crippen molar-refractivity contribution >= 4 is 23.2 Å². The van der Waals surface area contributed by atoms with Gasteiger partial charge in [-0.2, -0.15) is 4.98 Å². The molecule has 146 valence electrons. The molecule has 0 unspecified atom stereocenters. The summed E-state index contributed by atoms with van der Waals surface area (Å²) in [5, 5.41) is 4.61. The highest BCUT2D eigenvalue weighted by Crippen LogP contribution is 2.22. The number of hydrogen-bond acceptors (Lipinski definition) is 5. The van der Waals surface area contributed by atoms with Gasteiger partial charge in [-0.25, -0.2) is 0 Å². The Bertz CT molecular complexity index is 925. The Kier molecular flexibility index (Phi) is 6.66. The molecule has 28 heavy (non-hydrogen) atoms. The van der Waals surface area contributed by atoms with E-state index < -0.39 is 0 Å². The molecule has 0 spiro atoms. The number of carbonyl (C=O) groups excluding carboxylic acids is 1. The molecule has 1 amide bonds. The molecule has 6 nitrogen and oxygen atoms in total.